The molecule has 2 aliphatic heterocycles. The van der Waals surface area contributed by atoms with E-state index in [9.17, 15) is 14.7 Å². The van der Waals surface area contributed by atoms with Crippen molar-refractivity contribution in [1.82, 2.24) is 9.80 Å². The van der Waals surface area contributed by atoms with Crippen LogP contribution in [-0.4, -0.2) is 58.0 Å². The maximum Gasteiger partial charge on any atom is 0.254 e. The van der Waals surface area contributed by atoms with Gasteiger partial charge in [0.05, 0.1) is 0 Å². The highest BCUT2D eigenvalue weighted by Crippen LogP contribution is 2.24. The summed E-state index contributed by atoms with van der Waals surface area (Å²) in [7, 11) is 0. The average molecular weight is 226 g/mol. The van der Waals surface area contributed by atoms with Crippen LogP contribution < -0.4 is 0 Å². The summed E-state index contributed by atoms with van der Waals surface area (Å²) in [6, 6.07) is 0.160. The SMILES string of the molecule is CC(C)(O)C(=O)N1CCN2C(=O)CCC2C1. The van der Waals surface area contributed by atoms with E-state index >= 15 is 0 Å². The van der Waals surface area contributed by atoms with Crippen LogP contribution in [0.5, 0.6) is 0 Å². The summed E-state index contributed by atoms with van der Waals surface area (Å²) in [5.74, 6) is -0.0492. The molecule has 2 fully saturated rings. The van der Waals surface area contributed by atoms with E-state index < -0.39 is 5.60 Å². The highest BCUT2D eigenvalue weighted by Gasteiger charge is 2.39. The molecule has 0 aromatic carbocycles. The topological polar surface area (TPSA) is 60.9 Å². The van der Waals surface area contributed by atoms with Gasteiger partial charge in [-0.15, -0.1) is 0 Å². The number of fused-ring (bicyclic) bond motifs is 1. The number of hydrogen-bond acceptors (Lipinski definition) is 3. The molecule has 0 spiro atoms. The molecular formula is C11H18N2O3. The molecule has 16 heavy (non-hydrogen) atoms. The number of hydrogen-bond donors (Lipinski definition) is 1. The molecule has 0 aliphatic carbocycles. The summed E-state index contributed by atoms with van der Waals surface area (Å²) in [5.41, 5.74) is -1.31. The Hall–Kier alpha value is -1.10. The van der Waals surface area contributed by atoms with E-state index in [1.54, 1.807) is 4.90 Å². The van der Waals surface area contributed by atoms with E-state index in [0.717, 1.165) is 6.42 Å². The first kappa shape index (κ1) is 11.4. The molecule has 5 nitrogen and oxygen atoms in total. The molecule has 0 radical (unpaired) electrons. The number of nitrogens with zero attached hydrogens (tertiary/aromatic N) is 2. The Labute approximate surface area is 95.0 Å². The second-order valence-electron chi connectivity index (χ2n) is 5.09. The van der Waals surface area contributed by atoms with Gasteiger partial charge in [-0.3, -0.25) is 9.59 Å². The standard InChI is InChI=1S/C11H18N2O3/c1-11(2,16)10(15)12-5-6-13-8(7-12)3-4-9(13)14/h8,16H,3-7H2,1-2H3. The Bertz CT molecular complexity index is 322. The van der Waals surface area contributed by atoms with Crippen molar-refractivity contribution >= 4 is 11.8 Å². The normalized spacial score (nSPS) is 25.9. The lowest BCUT2D eigenvalue weighted by Gasteiger charge is -2.39. The quantitative estimate of drug-likeness (QED) is 0.661. The molecule has 0 saturated carbocycles. The first-order valence-electron chi connectivity index (χ1n) is 5.71. The Kier molecular flexibility index (Phi) is 2.66. The van der Waals surface area contributed by atoms with Crippen molar-refractivity contribution in [1.29, 1.82) is 0 Å². The van der Waals surface area contributed by atoms with Crippen molar-refractivity contribution in [2.75, 3.05) is 19.6 Å². The monoisotopic (exact) mass is 226 g/mol. The smallest absolute Gasteiger partial charge is 0.254 e. The third kappa shape index (κ3) is 1.91. The Morgan fingerprint density at radius 2 is 2.12 bits per heavy atom. The van der Waals surface area contributed by atoms with Gasteiger partial charge >= 0.3 is 0 Å². The lowest BCUT2D eigenvalue weighted by atomic mass is 10.1. The van der Waals surface area contributed by atoms with E-state index in [0.29, 0.717) is 26.1 Å². The number of carbonyl (C=O) groups is 2. The fourth-order valence-electron chi connectivity index (χ4n) is 2.44. The Morgan fingerprint density at radius 1 is 1.44 bits per heavy atom. The summed E-state index contributed by atoms with van der Waals surface area (Å²) in [5, 5.41) is 9.66. The summed E-state index contributed by atoms with van der Waals surface area (Å²) in [6.45, 7) is 4.70. The minimum Gasteiger partial charge on any atom is -0.381 e. The van der Waals surface area contributed by atoms with Gasteiger partial charge in [0.1, 0.15) is 5.60 Å². The van der Waals surface area contributed by atoms with Gasteiger partial charge in [-0.25, -0.2) is 0 Å². The van der Waals surface area contributed by atoms with Crippen molar-refractivity contribution in [2.45, 2.75) is 38.3 Å². The largest absolute Gasteiger partial charge is 0.381 e. The third-order valence-corrected chi connectivity index (χ3v) is 3.31. The molecule has 1 unspecified atom stereocenters. The third-order valence-electron chi connectivity index (χ3n) is 3.31. The second kappa shape index (κ2) is 3.73. The summed E-state index contributed by atoms with van der Waals surface area (Å²) in [6.07, 6.45) is 1.42. The zero-order chi connectivity index (χ0) is 11.9. The zero-order valence-electron chi connectivity index (χ0n) is 9.77. The maximum absolute atomic E-state index is 11.9. The van der Waals surface area contributed by atoms with Crippen molar-refractivity contribution in [3.8, 4) is 0 Å². The van der Waals surface area contributed by atoms with Crippen LogP contribution in [0.2, 0.25) is 0 Å². The predicted octanol–water partition coefficient (Wildman–Crippen LogP) is -0.409. The first-order valence-corrected chi connectivity index (χ1v) is 5.71. The van der Waals surface area contributed by atoms with E-state index in [1.165, 1.54) is 13.8 Å². The van der Waals surface area contributed by atoms with Crippen LogP contribution in [0.25, 0.3) is 0 Å². The van der Waals surface area contributed by atoms with Gasteiger partial charge in [0.2, 0.25) is 5.91 Å². The highest BCUT2D eigenvalue weighted by molar-refractivity contribution is 5.85. The molecule has 1 atom stereocenters. The first-order chi connectivity index (χ1) is 7.39. The maximum atomic E-state index is 11.9. The highest BCUT2D eigenvalue weighted by atomic mass is 16.3. The number of piperazine rings is 1. The van der Waals surface area contributed by atoms with Crippen LogP contribution in [0.15, 0.2) is 0 Å². The molecule has 2 aliphatic rings. The lowest BCUT2D eigenvalue weighted by Crippen LogP contribution is -2.57. The molecule has 0 aromatic rings. The summed E-state index contributed by atoms with van der Waals surface area (Å²) in [4.78, 5) is 26.8. The fourth-order valence-corrected chi connectivity index (χ4v) is 2.44. The van der Waals surface area contributed by atoms with Crippen LogP contribution in [0.3, 0.4) is 0 Å². The molecule has 90 valence electrons. The Morgan fingerprint density at radius 3 is 2.75 bits per heavy atom. The number of rotatable bonds is 1. The molecule has 2 rings (SSSR count). The van der Waals surface area contributed by atoms with E-state index in [2.05, 4.69) is 0 Å². The van der Waals surface area contributed by atoms with E-state index in [1.807, 2.05) is 4.90 Å². The van der Waals surface area contributed by atoms with E-state index in [4.69, 9.17) is 0 Å². The summed E-state index contributed by atoms with van der Waals surface area (Å²) >= 11 is 0. The lowest BCUT2D eigenvalue weighted by molar-refractivity contribution is -0.152. The minimum atomic E-state index is -1.31. The second-order valence-corrected chi connectivity index (χ2v) is 5.09. The molecule has 2 heterocycles. The van der Waals surface area contributed by atoms with Crippen molar-refractivity contribution < 1.29 is 14.7 Å². The zero-order valence-corrected chi connectivity index (χ0v) is 9.77. The number of carbonyl (C=O) groups excluding carboxylic acids is 2. The number of amides is 2. The molecule has 2 saturated heterocycles. The van der Waals surface area contributed by atoms with E-state index in [-0.39, 0.29) is 17.9 Å². The van der Waals surface area contributed by atoms with Crippen LogP contribution in [0, 0.1) is 0 Å². The van der Waals surface area contributed by atoms with Gasteiger partial charge in [-0.1, -0.05) is 0 Å². The summed E-state index contributed by atoms with van der Waals surface area (Å²) < 4.78 is 0. The molecule has 0 aromatic heterocycles. The molecular weight excluding hydrogens is 208 g/mol. The van der Waals surface area contributed by atoms with Gasteiger partial charge in [-0.05, 0) is 20.3 Å². The van der Waals surface area contributed by atoms with Crippen LogP contribution in [0.1, 0.15) is 26.7 Å². The van der Waals surface area contributed by atoms with Gasteiger partial charge in [0.25, 0.3) is 5.91 Å². The van der Waals surface area contributed by atoms with Crippen LogP contribution in [-0.2, 0) is 9.59 Å². The molecule has 1 N–H and O–H groups in total. The van der Waals surface area contributed by atoms with Gasteiger partial charge in [0.15, 0.2) is 0 Å². The number of aliphatic hydroxyl groups is 1. The van der Waals surface area contributed by atoms with Gasteiger partial charge < -0.3 is 14.9 Å². The van der Waals surface area contributed by atoms with Gasteiger partial charge in [0, 0.05) is 32.1 Å². The van der Waals surface area contributed by atoms with Crippen molar-refractivity contribution in [2.24, 2.45) is 0 Å². The van der Waals surface area contributed by atoms with Crippen LogP contribution >= 0.6 is 0 Å². The average Bonchev–Trinajstić information content (AvgIpc) is 2.57. The van der Waals surface area contributed by atoms with Crippen molar-refractivity contribution in [3.63, 3.8) is 0 Å². The van der Waals surface area contributed by atoms with Gasteiger partial charge in [-0.2, -0.15) is 0 Å². The molecule has 2 amide bonds. The minimum absolute atomic E-state index is 0.160. The fraction of sp³-hybridized carbons (Fsp3) is 0.818. The molecule has 5 heteroatoms. The Balaban J connectivity index is 2.02. The van der Waals surface area contributed by atoms with Crippen LogP contribution in [0.4, 0.5) is 0 Å². The molecule has 0 bridgehead atoms. The predicted molar refractivity (Wildman–Crippen MR) is 57.6 cm³/mol. The van der Waals surface area contributed by atoms with Crippen molar-refractivity contribution in [3.05, 3.63) is 0 Å².